The second kappa shape index (κ2) is 9.97. The van der Waals surface area contributed by atoms with E-state index in [1.54, 1.807) is 37.4 Å². The van der Waals surface area contributed by atoms with E-state index in [2.05, 4.69) is 31.2 Å². The molecule has 0 saturated heterocycles. The first-order valence-corrected chi connectivity index (χ1v) is 11.2. The van der Waals surface area contributed by atoms with Crippen LogP contribution in [-0.4, -0.2) is 22.6 Å². The zero-order valence-electron chi connectivity index (χ0n) is 18.1. The van der Waals surface area contributed by atoms with E-state index < -0.39 is 5.91 Å². The van der Waals surface area contributed by atoms with Gasteiger partial charge in [0.25, 0.3) is 5.91 Å². The molecule has 0 aliphatic carbocycles. The highest BCUT2D eigenvalue weighted by Gasteiger charge is 2.17. The van der Waals surface area contributed by atoms with E-state index in [1.165, 1.54) is 0 Å². The number of aromatic nitrogens is 1. The summed E-state index contributed by atoms with van der Waals surface area (Å²) < 4.78 is 12.7. The van der Waals surface area contributed by atoms with Gasteiger partial charge in [0.05, 0.1) is 18.9 Å². The van der Waals surface area contributed by atoms with Gasteiger partial charge in [-0.1, -0.05) is 28.1 Å². The second-order valence-electron chi connectivity index (χ2n) is 7.21. The maximum atomic E-state index is 13.3. The number of benzene rings is 2. The van der Waals surface area contributed by atoms with Crippen LogP contribution in [0.15, 0.2) is 74.7 Å². The Hall–Kier alpha value is -3.49. The van der Waals surface area contributed by atoms with Gasteiger partial charge in [-0.05, 0) is 56.3 Å². The van der Waals surface area contributed by atoms with Gasteiger partial charge in [-0.25, -0.2) is 4.99 Å². The molecule has 4 rings (SSSR count). The average Bonchev–Trinajstić information content (AvgIpc) is 2.82. The number of pyridine rings is 1. The first kappa shape index (κ1) is 22.7. The van der Waals surface area contributed by atoms with Crippen LogP contribution in [-0.2, 0) is 6.61 Å². The lowest BCUT2D eigenvalue weighted by molar-refractivity contribution is 0.102. The first-order valence-electron chi connectivity index (χ1n) is 10.4. The minimum absolute atomic E-state index is 0.115. The SMILES string of the molecule is CCOc1ccccc1N=c1oc2c(C)ncc(CO)c2cc1C(=O)Nc1ccc(Br)cc1. The third kappa shape index (κ3) is 4.97. The molecule has 2 aromatic carbocycles. The number of hydrogen-bond donors (Lipinski definition) is 2. The van der Waals surface area contributed by atoms with Crippen molar-refractivity contribution in [2.75, 3.05) is 11.9 Å². The monoisotopic (exact) mass is 507 g/mol. The minimum atomic E-state index is -0.394. The summed E-state index contributed by atoms with van der Waals surface area (Å²) in [5, 5.41) is 13.3. The van der Waals surface area contributed by atoms with Crippen LogP contribution in [0.3, 0.4) is 0 Å². The summed E-state index contributed by atoms with van der Waals surface area (Å²) in [4.78, 5) is 22.2. The lowest BCUT2D eigenvalue weighted by atomic mass is 10.1. The van der Waals surface area contributed by atoms with Crippen molar-refractivity contribution in [3.05, 3.63) is 87.6 Å². The number of rotatable bonds is 6. The Kier molecular flexibility index (Phi) is 6.86. The molecule has 2 N–H and O–H groups in total. The third-order valence-corrected chi connectivity index (χ3v) is 5.48. The molecule has 1 amide bonds. The standard InChI is InChI=1S/C25H22BrN3O4/c1-3-32-22-7-5-4-6-21(22)29-25-20(24(31)28-18-10-8-17(26)9-11-18)12-19-16(14-30)13-27-15(2)23(19)33-25/h4-13,30H,3,14H2,1-2H3,(H,28,31). The van der Waals surface area contributed by atoms with Crippen LogP contribution in [0.1, 0.15) is 28.5 Å². The number of nitrogens with one attached hydrogen (secondary N) is 1. The number of carbonyl (C=O) groups excluding carboxylic acids is 1. The molecule has 0 unspecified atom stereocenters. The molecule has 0 fully saturated rings. The molecule has 0 atom stereocenters. The van der Waals surface area contributed by atoms with E-state index in [-0.39, 0.29) is 17.7 Å². The van der Waals surface area contributed by atoms with E-state index >= 15 is 0 Å². The normalized spacial score (nSPS) is 11.6. The van der Waals surface area contributed by atoms with Gasteiger partial charge in [0, 0.05) is 27.3 Å². The Morgan fingerprint density at radius 1 is 1.21 bits per heavy atom. The smallest absolute Gasteiger partial charge is 0.261 e. The van der Waals surface area contributed by atoms with Crippen molar-refractivity contribution in [1.82, 2.24) is 4.98 Å². The number of aliphatic hydroxyl groups excluding tert-OH is 1. The number of hydrogen-bond acceptors (Lipinski definition) is 6. The summed E-state index contributed by atoms with van der Waals surface area (Å²) in [6.45, 7) is 3.92. The number of aryl methyl sites for hydroxylation is 1. The van der Waals surface area contributed by atoms with Crippen molar-refractivity contribution in [3.63, 3.8) is 0 Å². The van der Waals surface area contributed by atoms with Gasteiger partial charge in [-0.3, -0.25) is 9.78 Å². The topological polar surface area (TPSA) is 97.0 Å². The number of amides is 1. The van der Waals surface area contributed by atoms with Gasteiger partial charge in [0.2, 0.25) is 5.55 Å². The Morgan fingerprint density at radius 2 is 1.97 bits per heavy atom. The van der Waals surface area contributed by atoms with Gasteiger partial charge in [-0.15, -0.1) is 0 Å². The number of aliphatic hydroxyl groups is 1. The predicted molar refractivity (Wildman–Crippen MR) is 130 cm³/mol. The Labute approximate surface area is 198 Å². The number of ether oxygens (including phenoxy) is 1. The fourth-order valence-electron chi connectivity index (χ4n) is 3.33. The molecule has 0 radical (unpaired) electrons. The fraction of sp³-hybridized carbons (Fsp3) is 0.160. The molecule has 7 nitrogen and oxygen atoms in total. The summed E-state index contributed by atoms with van der Waals surface area (Å²) in [7, 11) is 0. The average molecular weight is 508 g/mol. The van der Waals surface area contributed by atoms with Gasteiger partial charge in [0.1, 0.15) is 17.0 Å². The largest absolute Gasteiger partial charge is 0.492 e. The minimum Gasteiger partial charge on any atom is -0.492 e. The van der Waals surface area contributed by atoms with E-state index in [4.69, 9.17) is 9.15 Å². The van der Waals surface area contributed by atoms with Crippen molar-refractivity contribution < 1.29 is 19.1 Å². The van der Waals surface area contributed by atoms with Gasteiger partial charge in [-0.2, -0.15) is 0 Å². The number of halogens is 1. The number of carbonyl (C=O) groups is 1. The lowest BCUT2D eigenvalue weighted by Crippen LogP contribution is -2.22. The predicted octanol–water partition coefficient (Wildman–Crippen LogP) is 5.27. The maximum Gasteiger partial charge on any atom is 0.261 e. The van der Waals surface area contributed by atoms with E-state index in [1.807, 2.05) is 37.3 Å². The summed E-state index contributed by atoms with van der Waals surface area (Å²) in [5.41, 5.74) is 3.12. The molecule has 2 heterocycles. The molecule has 2 aromatic heterocycles. The van der Waals surface area contributed by atoms with Crippen LogP contribution in [0.4, 0.5) is 11.4 Å². The second-order valence-corrected chi connectivity index (χ2v) is 8.12. The van der Waals surface area contributed by atoms with Gasteiger partial charge in [0.15, 0.2) is 5.58 Å². The number of anilines is 1. The molecule has 0 aliphatic rings. The van der Waals surface area contributed by atoms with Crippen molar-refractivity contribution in [2.24, 2.45) is 4.99 Å². The highest BCUT2D eigenvalue weighted by molar-refractivity contribution is 9.10. The fourth-order valence-corrected chi connectivity index (χ4v) is 3.59. The van der Waals surface area contributed by atoms with Gasteiger partial charge < -0.3 is 19.6 Å². The molecule has 0 spiro atoms. The molecule has 168 valence electrons. The van der Waals surface area contributed by atoms with Gasteiger partial charge >= 0.3 is 0 Å². The molecule has 0 aliphatic heterocycles. The molecule has 4 aromatic rings. The van der Waals surface area contributed by atoms with Crippen LogP contribution < -0.4 is 15.6 Å². The van der Waals surface area contributed by atoms with E-state index in [0.717, 1.165) is 4.47 Å². The van der Waals surface area contributed by atoms with Crippen LogP contribution in [0, 0.1) is 6.92 Å². The summed E-state index contributed by atoms with van der Waals surface area (Å²) >= 11 is 3.39. The molecule has 0 saturated carbocycles. The lowest BCUT2D eigenvalue weighted by Gasteiger charge is -2.11. The molecule has 8 heteroatoms. The Balaban J connectivity index is 1.93. The van der Waals surface area contributed by atoms with Crippen molar-refractivity contribution in [3.8, 4) is 5.75 Å². The van der Waals surface area contributed by atoms with Crippen molar-refractivity contribution >= 4 is 44.2 Å². The molecule has 33 heavy (non-hydrogen) atoms. The number of nitrogens with zero attached hydrogens (tertiary/aromatic N) is 2. The van der Waals surface area contributed by atoms with Crippen molar-refractivity contribution in [1.29, 1.82) is 0 Å². The van der Waals surface area contributed by atoms with Crippen LogP contribution in [0.2, 0.25) is 0 Å². The quantitative estimate of drug-likeness (QED) is 0.370. The van der Waals surface area contributed by atoms with Crippen LogP contribution >= 0.6 is 15.9 Å². The Morgan fingerprint density at radius 3 is 2.70 bits per heavy atom. The zero-order chi connectivity index (χ0) is 23.4. The summed E-state index contributed by atoms with van der Waals surface area (Å²) in [5.74, 6) is 0.183. The summed E-state index contributed by atoms with van der Waals surface area (Å²) in [6.07, 6.45) is 1.57. The molecule has 0 bridgehead atoms. The maximum absolute atomic E-state index is 13.3. The summed E-state index contributed by atoms with van der Waals surface area (Å²) in [6, 6.07) is 16.2. The zero-order valence-corrected chi connectivity index (χ0v) is 19.7. The highest BCUT2D eigenvalue weighted by Crippen LogP contribution is 2.27. The first-order chi connectivity index (χ1) is 16.0. The van der Waals surface area contributed by atoms with Crippen LogP contribution in [0.5, 0.6) is 5.75 Å². The Bertz CT molecular complexity index is 1380. The highest BCUT2D eigenvalue weighted by atomic mass is 79.9. The number of para-hydroxylation sites is 2. The number of fused-ring (bicyclic) bond motifs is 1. The third-order valence-electron chi connectivity index (χ3n) is 4.96. The molecular weight excluding hydrogens is 486 g/mol. The van der Waals surface area contributed by atoms with Crippen molar-refractivity contribution in [2.45, 2.75) is 20.5 Å². The van der Waals surface area contributed by atoms with Crippen LogP contribution in [0.25, 0.3) is 11.0 Å². The molecular formula is C25H22BrN3O4. The van der Waals surface area contributed by atoms with E-state index in [9.17, 15) is 9.90 Å². The van der Waals surface area contributed by atoms with E-state index in [0.29, 0.717) is 46.0 Å².